The van der Waals surface area contributed by atoms with Gasteiger partial charge in [-0.25, -0.2) is 8.42 Å². The Kier molecular flexibility index (Phi) is 4.17. The molecule has 0 fully saturated rings. The van der Waals surface area contributed by atoms with Crippen LogP contribution in [-0.2, 0) is 9.84 Å². The van der Waals surface area contributed by atoms with Crippen LogP contribution in [0.3, 0.4) is 0 Å². The average molecular weight is 254 g/mol. The highest BCUT2D eigenvalue weighted by Crippen LogP contribution is 2.26. The van der Waals surface area contributed by atoms with Gasteiger partial charge in [-0.2, -0.15) is 0 Å². The molecule has 0 aromatic heterocycles. The Morgan fingerprint density at radius 1 is 1.41 bits per heavy atom. The van der Waals surface area contributed by atoms with Crippen molar-refractivity contribution >= 4 is 21.2 Å². The molecule has 0 aliphatic rings. The first-order valence-corrected chi connectivity index (χ1v) is 7.17. The van der Waals surface area contributed by atoms with Gasteiger partial charge in [-0.15, -0.1) is 0 Å². The third kappa shape index (κ3) is 3.78. The van der Waals surface area contributed by atoms with E-state index >= 15 is 0 Å². The van der Waals surface area contributed by atoms with Crippen LogP contribution < -0.4 is 11.1 Å². The normalized spacial score (nSPS) is 11.0. The van der Waals surface area contributed by atoms with Crippen LogP contribution in [0.2, 0.25) is 0 Å². The first-order valence-electron chi connectivity index (χ1n) is 5.28. The summed E-state index contributed by atoms with van der Waals surface area (Å²) in [5.74, 6) is 0. The van der Waals surface area contributed by atoms with Gasteiger partial charge < -0.3 is 11.1 Å². The number of nitrogens with two attached hydrogens (primary N) is 1. The number of hydrogen-bond donors (Lipinski definition) is 2. The van der Waals surface area contributed by atoms with Crippen LogP contribution in [-0.4, -0.2) is 21.2 Å². The molecule has 5 heteroatoms. The number of nitrogen functional groups attached to an aromatic ring is 1. The lowest BCUT2D eigenvalue weighted by Crippen LogP contribution is -2.07. The summed E-state index contributed by atoms with van der Waals surface area (Å²) in [6, 6.07) is 4.96. The summed E-state index contributed by atoms with van der Waals surface area (Å²) in [4.78, 5) is 0.166. The van der Waals surface area contributed by atoms with Crippen molar-refractivity contribution in [1.29, 1.82) is 0 Å². The summed E-state index contributed by atoms with van der Waals surface area (Å²) in [5, 5.41) is 3.09. The van der Waals surface area contributed by atoms with Crippen LogP contribution in [0.25, 0.3) is 0 Å². The van der Waals surface area contributed by atoms with Crippen molar-refractivity contribution < 1.29 is 8.42 Å². The van der Waals surface area contributed by atoms with Crippen molar-refractivity contribution in [1.82, 2.24) is 0 Å². The summed E-state index contributed by atoms with van der Waals surface area (Å²) in [5.41, 5.74) is 7.93. The lowest BCUT2D eigenvalue weighted by Gasteiger charge is -2.10. The molecule has 0 radical (unpaired) electrons. The zero-order valence-electron chi connectivity index (χ0n) is 10.3. The molecule has 0 unspecified atom stereocenters. The van der Waals surface area contributed by atoms with Gasteiger partial charge in [-0.3, -0.25) is 0 Å². The molecule has 0 aliphatic heterocycles. The lowest BCUT2D eigenvalue weighted by molar-refractivity contribution is 0.602. The van der Waals surface area contributed by atoms with E-state index in [2.05, 4.69) is 5.32 Å². The van der Waals surface area contributed by atoms with E-state index in [0.29, 0.717) is 12.2 Å². The fraction of sp³-hybridized carbons (Fsp3) is 0.333. The van der Waals surface area contributed by atoms with E-state index in [1.807, 2.05) is 19.9 Å². The second kappa shape index (κ2) is 5.23. The highest BCUT2D eigenvalue weighted by atomic mass is 32.2. The van der Waals surface area contributed by atoms with Gasteiger partial charge in [0.25, 0.3) is 0 Å². The van der Waals surface area contributed by atoms with Crippen molar-refractivity contribution in [2.24, 2.45) is 0 Å². The SMILES string of the molecule is CC(C)=CCNc1cccc(S(C)(=O)=O)c1N. The minimum absolute atomic E-state index is 0.166. The molecule has 0 saturated carbocycles. The molecule has 0 aliphatic carbocycles. The molecule has 0 saturated heterocycles. The maximum Gasteiger partial charge on any atom is 0.177 e. The summed E-state index contributed by atoms with van der Waals surface area (Å²) in [7, 11) is -3.28. The van der Waals surface area contributed by atoms with Gasteiger partial charge in [-0.05, 0) is 26.0 Å². The zero-order chi connectivity index (χ0) is 13.1. The predicted molar refractivity (Wildman–Crippen MR) is 71.9 cm³/mol. The maximum absolute atomic E-state index is 11.5. The minimum atomic E-state index is -3.28. The fourth-order valence-corrected chi connectivity index (χ4v) is 2.22. The van der Waals surface area contributed by atoms with E-state index in [0.717, 1.165) is 6.26 Å². The van der Waals surface area contributed by atoms with Crippen molar-refractivity contribution in [3.8, 4) is 0 Å². The Labute approximate surface area is 102 Å². The van der Waals surface area contributed by atoms with Crippen LogP contribution in [0.5, 0.6) is 0 Å². The molecule has 0 bridgehead atoms. The van der Waals surface area contributed by atoms with Crippen LogP contribution in [0.4, 0.5) is 11.4 Å². The molecule has 0 atom stereocenters. The molecule has 1 rings (SSSR count). The Morgan fingerprint density at radius 3 is 2.59 bits per heavy atom. The van der Waals surface area contributed by atoms with Gasteiger partial charge in [0.05, 0.1) is 16.3 Å². The molecule has 1 aromatic carbocycles. The third-order valence-electron chi connectivity index (χ3n) is 2.27. The van der Waals surface area contributed by atoms with Crippen LogP contribution >= 0.6 is 0 Å². The first-order chi connectivity index (χ1) is 7.82. The van der Waals surface area contributed by atoms with E-state index in [9.17, 15) is 8.42 Å². The maximum atomic E-state index is 11.5. The summed E-state index contributed by atoms with van der Waals surface area (Å²) >= 11 is 0. The number of para-hydroxylation sites is 1. The van der Waals surface area contributed by atoms with Crippen molar-refractivity contribution in [3.63, 3.8) is 0 Å². The van der Waals surface area contributed by atoms with E-state index < -0.39 is 9.84 Å². The van der Waals surface area contributed by atoms with Crippen molar-refractivity contribution in [3.05, 3.63) is 29.8 Å². The molecule has 4 nitrogen and oxygen atoms in total. The average Bonchev–Trinajstić information content (AvgIpc) is 2.18. The first kappa shape index (κ1) is 13.6. The molecule has 0 spiro atoms. The number of nitrogens with one attached hydrogen (secondary N) is 1. The zero-order valence-corrected chi connectivity index (χ0v) is 11.1. The molecular formula is C12H18N2O2S. The minimum Gasteiger partial charge on any atom is -0.396 e. The van der Waals surface area contributed by atoms with Gasteiger partial charge in [0.1, 0.15) is 0 Å². The fourth-order valence-electron chi connectivity index (χ4n) is 1.39. The number of allylic oxidation sites excluding steroid dienone is 1. The van der Waals surface area contributed by atoms with Crippen LogP contribution in [0, 0.1) is 0 Å². The van der Waals surface area contributed by atoms with Crippen molar-refractivity contribution in [2.45, 2.75) is 18.7 Å². The Bertz CT molecular complexity index is 529. The van der Waals surface area contributed by atoms with Gasteiger partial charge in [-0.1, -0.05) is 17.7 Å². The molecule has 0 amide bonds. The largest absolute Gasteiger partial charge is 0.396 e. The molecule has 94 valence electrons. The van der Waals surface area contributed by atoms with Crippen LogP contribution in [0.15, 0.2) is 34.7 Å². The topological polar surface area (TPSA) is 72.2 Å². The van der Waals surface area contributed by atoms with Gasteiger partial charge in [0.2, 0.25) is 0 Å². The van der Waals surface area contributed by atoms with Gasteiger partial charge >= 0.3 is 0 Å². The van der Waals surface area contributed by atoms with E-state index in [1.54, 1.807) is 12.1 Å². The van der Waals surface area contributed by atoms with Crippen molar-refractivity contribution in [2.75, 3.05) is 23.9 Å². The Morgan fingerprint density at radius 2 is 2.06 bits per heavy atom. The Hall–Kier alpha value is -1.49. The number of benzene rings is 1. The van der Waals surface area contributed by atoms with E-state index in [4.69, 9.17) is 5.73 Å². The summed E-state index contributed by atoms with van der Waals surface area (Å²) < 4.78 is 22.9. The smallest absolute Gasteiger partial charge is 0.177 e. The summed E-state index contributed by atoms with van der Waals surface area (Å²) in [6.45, 7) is 4.62. The monoisotopic (exact) mass is 254 g/mol. The summed E-state index contributed by atoms with van der Waals surface area (Å²) in [6.07, 6.45) is 3.16. The predicted octanol–water partition coefficient (Wildman–Crippen LogP) is 2.05. The molecule has 1 aromatic rings. The van der Waals surface area contributed by atoms with E-state index in [-0.39, 0.29) is 10.6 Å². The molecule has 3 N–H and O–H groups in total. The Balaban J connectivity index is 3.00. The van der Waals surface area contributed by atoms with Crippen LogP contribution in [0.1, 0.15) is 13.8 Å². The van der Waals surface area contributed by atoms with E-state index in [1.165, 1.54) is 11.6 Å². The molecule has 17 heavy (non-hydrogen) atoms. The number of anilines is 2. The standard InChI is InChI=1S/C12H18N2O2S/c1-9(2)7-8-14-10-5-4-6-11(12(10)13)17(3,15)16/h4-7,14H,8,13H2,1-3H3. The lowest BCUT2D eigenvalue weighted by atomic mass is 10.2. The molecular weight excluding hydrogens is 236 g/mol. The number of rotatable bonds is 4. The number of hydrogen-bond acceptors (Lipinski definition) is 4. The highest BCUT2D eigenvalue weighted by Gasteiger charge is 2.13. The second-order valence-electron chi connectivity index (χ2n) is 4.15. The molecule has 0 heterocycles. The van der Waals surface area contributed by atoms with Gasteiger partial charge in [0.15, 0.2) is 9.84 Å². The quantitative estimate of drug-likeness (QED) is 0.637. The highest BCUT2D eigenvalue weighted by molar-refractivity contribution is 7.90. The third-order valence-corrected chi connectivity index (χ3v) is 3.42. The van der Waals surface area contributed by atoms with Gasteiger partial charge in [0, 0.05) is 12.8 Å². The second-order valence-corrected chi connectivity index (χ2v) is 6.14. The number of sulfone groups is 1.